The average molecular weight is 303 g/mol. The van der Waals surface area contributed by atoms with Crippen LogP contribution in [0, 0.1) is 5.82 Å². The highest BCUT2D eigenvalue weighted by atomic mass is 32.2. The SMILES string of the molecule is COC(=O)c1cccc(F)c1S(=O)(=O)N(C)C1COC1. The third-order valence-electron chi connectivity index (χ3n) is 3.14. The predicted octanol–water partition coefficient (Wildman–Crippen LogP) is 0.632. The van der Waals surface area contributed by atoms with E-state index in [2.05, 4.69) is 4.74 Å². The number of hydrogen-bond donors (Lipinski definition) is 0. The van der Waals surface area contributed by atoms with E-state index in [1.165, 1.54) is 19.2 Å². The standard InChI is InChI=1S/C12H14FNO5S/c1-14(8-6-19-7-8)20(16,17)11-9(12(15)18-2)4-3-5-10(11)13/h3-5,8H,6-7H2,1-2H3. The Balaban J connectivity index is 2.52. The minimum Gasteiger partial charge on any atom is -0.465 e. The Morgan fingerprint density at radius 1 is 1.45 bits per heavy atom. The Bertz CT molecular complexity index is 627. The predicted molar refractivity (Wildman–Crippen MR) is 67.3 cm³/mol. The zero-order valence-corrected chi connectivity index (χ0v) is 11.8. The molecule has 0 amide bonds. The van der Waals surface area contributed by atoms with Crippen molar-refractivity contribution in [1.82, 2.24) is 4.31 Å². The van der Waals surface area contributed by atoms with Crippen LogP contribution in [-0.2, 0) is 19.5 Å². The molecule has 1 heterocycles. The third kappa shape index (κ3) is 2.41. The number of esters is 1. The molecule has 0 aromatic heterocycles. The minimum atomic E-state index is -4.14. The average Bonchev–Trinajstić information content (AvgIpc) is 2.35. The number of carbonyl (C=O) groups is 1. The van der Waals surface area contributed by atoms with Crippen LogP contribution in [0.3, 0.4) is 0 Å². The molecule has 0 saturated carbocycles. The molecular weight excluding hydrogens is 289 g/mol. The number of nitrogens with zero attached hydrogens (tertiary/aromatic N) is 1. The van der Waals surface area contributed by atoms with Gasteiger partial charge in [-0.2, -0.15) is 4.31 Å². The first-order valence-corrected chi connectivity index (χ1v) is 7.26. The van der Waals surface area contributed by atoms with Gasteiger partial charge in [0, 0.05) is 7.05 Å². The number of methoxy groups -OCH3 is 1. The van der Waals surface area contributed by atoms with Gasteiger partial charge in [0.2, 0.25) is 10.0 Å². The highest BCUT2D eigenvalue weighted by Crippen LogP contribution is 2.26. The van der Waals surface area contributed by atoms with Gasteiger partial charge in [-0.05, 0) is 12.1 Å². The zero-order valence-electron chi connectivity index (χ0n) is 11.0. The molecule has 1 aliphatic heterocycles. The number of ether oxygens (including phenoxy) is 2. The summed E-state index contributed by atoms with van der Waals surface area (Å²) in [6, 6.07) is 3.11. The van der Waals surface area contributed by atoms with Gasteiger partial charge in [-0.25, -0.2) is 17.6 Å². The summed E-state index contributed by atoms with van der Waals surface area (Å²) >= 11 is 0. The molecule has 1 fully saturated rings. The number of carbonyl (C=O) groups excluding carboxylic acids is 1. The fourth-order valence-corrected chi connectivity index (χ4v) is 3.36. The van der Waals surface area contributed by atoms with Crippen LogP contribution in [-0.4, -0.2) is 52.1 Å². The van der Waals surface area contributed by atoms with Crippen LogP contribution in [0.25, 0.3) is 0 Å². The zero-order chi connectivity index (χ0) is 14.9. The quantitative estimate of drug-likeness (QED) is 0.763. The van der Waals surface area contributed by atoms with Crippen LogP contribution in [0.1, 0.15) is 10.4 Å². The van der Waals surface area contributed by atoms with E-state index in [4.69, 9.17) is 4.74 Å². The van der Waals surface area contributed by atoms with Crippen molar-refractivity contribution in [1.29, 1.82) is 0 Å². The van der Waals surface area contributed by atoms with Gasteiger partial charge >= 0.3 is 5.97 Å². The molecule has 20 heavy (non-hydrogen) atoms. The van der Waals surface area contributed by atoms with Crippen molar-refractivity contribution in [2.45, 2.75) is 10.9 Å². The number of likely N-dealkylation sites (N-methyl/N-ethyl adjacent to an activating group) is 1. The molecule has 0 N–H and O–H groups in total. The van der Waals surface area contributed by atoms with Crippen LogP contribution in [0.4, 0.5) is 4.39 Å². The summed E-state index contributed by atoms with van der Waals surface area (Å²) in [7, 11) is -1.70. The van der Waals surface area contributed by atoms with Crippen molar-refractivity contribution in [3.63, 3.8) is 0 Å². The maximum Gasteiger partial charge on any atom is 0.339 e. The van der Waals surface area contributed by atoms with E-state index in [0.717, 1.165) is 17.5 Å². The molecule has 0 unspecified atom stereocenters. The van der Waals surface area contributed by atoms with Crippen LogP contribution in [0.5, 0.6) is 0 Å². The molecule has 1 aliphatic rings. The molecule has 6 nitrogen and oxygen atoms in total. The van der Waals surface area contributed by atoms with Crippen molar-refractivity contribution < 1.29 is 27.1 Å². The Morgan fingerprint density at radius 3 is 2.60 bits per heavy atom. The second-order valence-corrected chi connectivity index (χ2v) is 6.25. The van der Waals surface area contributed by atoms with E-state index in [1.807, 2.05) is 0 Å². The van der Waals surface area contributed by atoms with Crippen molar-refractivity contribution in [2.24, 2.45) is 0 Å². The van der Waals surface area contributed by atoms with Crippen molar-refractivity contribution in [2.75, 3.05) is 27.4 Å². The Labute approximate surface area is 116 Å². The second kappa shape index (κ2) is 5.47. The minimum absolute atomic E-state index is 0.248. The van der Waals surface area contributed by atoms with Gasteiger partial charge in [0.25, 0.3) is 0 Å². The molecule has 0 radical (unpaired) electrons. The lowest BCUT2D eigenvalue weighted by molar-refractivity contribution is -0.0305. The summed E-state index contributed by atoms with van der Waals surface area (Å²) in [5, 5.41) is 0. The normalized spacial score (nSPS) is 16.0. The summed E-state index contributed by atoms with van der Waals surface area (Å²) in [5.74, 6) is -1.89. The summed E-state index contributed by atoms with van der Waals surface area (Å²) in [6.45, 7) is 0.496. The van der Waals surface area contributed by atoms with Crippen LogP contribution >= 0.6 is 0 Å². The monoisotopic (exact) mass is 303 g/mol. The first-order chi connectivity index (χ1) is 9.39. The Hall–Kier alpha value is -1.51. The van der Waals surface area contributed by atoms with E-state index in [0.29, 0.717) is 0 Å². The molecule has 0 aliphatic carbocycles. The number of halogens is 1. The molecule has 110 valence electrons. The second-order valence-electron chi connectivity index (χ2n) is 4.32. The van der Waals surface area contributed by atoms with E-state index in [9.17, 15) is 17.6 Å². The topological polar surface area (TPSA) is 72.9 Å². The molecule has 0 bridgehead atoms. The summed E-state index contributed by atoms with van der Waals surface area (Å²) in [5.41, 5.74) is -0.320. The van der Waals surface area contributed by atoms with Gasteiger partial charge < -0.3 is 9.47 Å². The molecule has 1 aromatic carbocycles. The molecular formula is C12H14FNO5S. The van der Waals surface area contributed by atoms with E-state index in [-0.39, 0.29) is 24.8 Å². The number of hydrogen-bond acceptors (Lipinski definition) is 5. The highest BCUT2D eigenvalue weighted by Gasteiger charge is 2.37. The lowest BCUT2D eigenvalue weighted by atomic mass is 10.2. The summed E-state index contributed by atoms with van der Waals surface area (Å²) < 4.78 is 49.3. The van der Waals surface area contributed by atoms with E-state index in [1.54, 1.807) is 0 Å². The Morgan fingerprint density at radius 2 is 2.10 bits per heavy atom. The fourth-order valence-electron chi connectivity index (χ4n) is 1.82. The van der Waals surface area contributed by atoms with Crippen molar-refractivity contribution >= 4 is 16.0 Å². The number of rotatable bonds is 4. The largest absolute Gasteiger partial charge is 0.465 e. The van der Waals surface area contributed by atoms with Gasteiger partial charge in [-0.3, -0.25) is 0 Å². The smallest absolute Gasteiger partial charge is 0.339 e. The van der Waals surface area contributed by atoms with Gasteiger partial charge in [0.15, 0.2) is 0 Å². The lowest BCUT2D eigenvalue weighted by Gasteiger charge is -2.33. The first-order valence-electron chi connectivity index (χ1n) is 5.82. The molecule has 0 atom stereocenters. The van der Waals surface area contributed by atoms with Gasteiger partial charge in [0.05, 0.1) is 31.9 Å². The molecule has 0 spiro atoms. The lowest BCUT2D eigenvalue weighted by Crippen LogP contribution is -2.49. The Kier molecular flexibility index (Phi) is 4.07. The number of benzene rings is 1. The summed E-state index contributed by atoms with van der Waals surface area (Å²) in [6.07, 6.45) is 0. The number of sulfonamides is 1. The molecule has 1 aromatic rings. The van der Waals surface area contributed by atoms with Crippen molar-refractivity contribution in [3.05, 3.63) is 29.6 Å². The van der Waals surface area contributed by atoms with Crippen LogP contribution < -0.4 is 0 Å². The van der Waals surface area contributed by atoms with Crippen LogP contribution in [0.2, 0.25) is 0 Å². The maximum atomic E-state index is 13.9. The van der Waals surface area contributed by atoms with Gasteiger partial charge in [0.1, 0.15) is 10.7 Å². The maximum absolute atomic E-state index is 13.9. The summed E-state index contributed by atoms with van der Waals surface area (Å²) in [4.78, 5) is 10.9. The van der Waals surface area contributed by atoms with Gasteiger partial charge in [-0.15, -0.1) is 0 Å². The van der Waals surface area contributed by atoms with E-state index >= 15 is 0 Å². The van der Waals surface area contributed by atoms with Crippen molar-refractivity contribution in [3.8, 4) is 0 Å². The fraction of sp³-hybridized carbons (Fsp3) is 0.417. The highest BCUT2D eigenvalue weighted by molar-refractivity contribution is 7.89. The molecule has 8 heteroatoms. The molecule has 1 saturated heterocycles. The van der Waals surface area contributed by atoms with Gasteiger partial charge in [-0.1, -0.05) is 6.07 Å². The third-order valence-corrected chi connectivity index (χ3v) is 5.13. The first kappa shape index (κ1) is 14.9. The molecule has 2 rings (SSSR count). The van der Waals surface area contributed by atoms with Crippen LogP contribution in [0.15, 0.2) is 23.1 Å². The van der Waals surface area contributed by atoms with E-state index < -0.39 is 26.7 Å².